The lowest BCUT2D eigenvalue weighted by Crippen LogP contribution is -2.41. The second-order valence-corrected chi connectivity index (χ2v) is 8.20. The molecule has 0 bridgehead atoms. The van der Waals surface area contributed by atoms with Gasteiger partial charge in [0.1, 0.15) is 24.0 Å². The van der Waals surface area contributed by atoms with Gasteiger partial charge in [-0.15, -0.1) is 0 Å². The van der Waals surface area contributed by atoms with Crippen LogP contribution in [0.1, 0.15) is 11.7 Å². The van der Waals surface area contributed by atoms with Crippen LogP contribution < -0.4 is 15.2 Å². The Kier molecular flexibility index (Phi) is 6.24. The SMILES string of the molecule is COc1cc(-c2ccc(F)cc2)ccc1C1CN(c2nc(-c3ccncn3)cc(=O)n2C)CCO1. The van der Waals surface area contributed by atoms with Crippen molar-refractivity contribution in [3.8, 4) is 28.3 Å². The van der Waals surface area contributed by atoms with E-state index in [4.69, 9.17) is 14.5 Å². The summed E-state index contributed by atoms with van der Waals surface area (Å²) >= 11 is 0. The molecule has 0 amide bonds. The van der Waals surface area contributed by atoms with Crippen molar-refractivity contribution in [2.75, 3.05) is 31.7 Å². The number of hydrogen-bond donors (Lipinski definition) is 0. The lowest BCUT2D eigenvalue weighted by atomic mass is 10.00. The molecule has 178 valence electrons. The van der Waals surface area contributed by atoms with E-state index >= 15 is 0 Å². The highest BCUT2D eigenvalue weighted by molar-refractivity contribution is 5.66. The molecule has 5 rings (SSSR count). The Morgan fingerprint density at radius 1 is 1.06 bits per heavy atom. The third-order valence-electron chi connectivity index (χ3n) is 6.06. The minimum Gasteiger partial charge on any atom is -0.496 e. The van der Waals surface area contributed by atoms with Gasteiger partial charge in [0.15, 0.2) is 0 Å². The van der Waals surface area contributed by atoms with Gasteiger partial charge in [0.2, 0.25) is 5.95 Å². The van der Waals surface area contributed by atoms with Gasteiger partial charge in [-0.25, -0.2) is 19.3 Å². The number of halogens is 1. The van der Waals surface area contributed by atoms with Crippen molar-refractivity contribution in [2.45, 2.75) is 6.10 Å². The first-order valence-corrected chi connectivity index (χ1v) is 11.2. The van der Waals surface area contributed by atoms with E-state index in [2.05, 4.69) is 9.97 Å². The second-order valence-electron chi connectivity index (χ2n) is 8.20. The van der Waals surface area contributed by atoms with Crippen LogP contribution in [0.4, 0.5) is 10.3 Å². The van der Waals surface area contributed by atoms with Crippen molar-refractivity contribution in [1.29, 1.82) is 0 Å². The zero-order chi connectivity index (χ0) is 24.4. The number of anilines is 1. The molecule has 1 fully saturated rings. The first kappa shape index (κ1) is 22.7. The Hall–Kier alpha value is -4.11. The molecule has 0 spiro atoms. The highest BCUT2D eigenvalue weighted by Gasteiger charge is 2.27. The molecule has 35 heavy (non-hydrogen) atoms. The Labute approximate surface area is 201 Å². The normalized spacial score (nSPS) is 15.7. The molecule has 9 heteroatoms. The molecule has 0 N–H and O–H groups in total. The maximum atomic E-state index is 13.3. The number of rotatable bonds is 5. The number of ether oxygens (including phenoxy) is 2. The van der Waals surface area contributed by atoms with Gasteiger partial charge in [-0.2, -0.15) is 0 Å². The Morgan fingerprint density at radius 3 is 2.60 bits per heavy atom. The zero-order valence-corrected chi connectivity index (χ0v) is 19.4. The monoisotopic (exact) mass is 473 g/mol. The van der Waals surface area contributed by atoms with Gasteiger partial charge in [-0.3, -0.25) is 9.36 Å². The fourth-order valence-electron chi connectivity index (χ4n) is 4.20. The molecule has 0 radical (unpaired) electrons. The van der Waals surface area contributed by atoms with E-state index in [0.29, 0.717) is 42.8 Å². The van der Waals surface area contributed by atoms with E-state index in [1.54, 1.807) is 38.6 Å². The molecule has 1 aliphatic heterocycles. The van der Waals surface area contributed by atoms with Gasteiger partial charge in [-0.1, -0.05) is 24.3 Å². The standard InChI is InChI=1S/C26H24FN5O3/c1-31-25(33)14-22(21-9-10-28-16-29-21)30-26(31)32-11-12-35-24(15-32)20-8-5-18(13-23(20)34-2)17-3-6-19(27)7-4-17/h3-10,13-14,16,24H,11-12,15H2,1-2H3. The highest BCUT2D eigenvalue weighted by Crippen LogP contribution is 2.35. The predicted octanol–water partition coefficient (Wildman–Crippen LogP) is 3.63. The Balaban J connectivity index is 1.45. The molecule has 1 unspecified atom stereocenters. The molecule has 0 saturated carbocycles. The molecule has 1 aliphatic rings. The van der Waals surface area contributed by atoms with Crippen LogP contribution in [0.25, 0.3) is 22.5 Å². The maximum absolute atomic E-state index is 13.3. The molecular weight excluding hydrogens is 449 g/mol. The highest BCUT2D eigenvalue weighted by atomic mass is 19.1. The average Bonchev–Trinajstić information content (AvgIpc) is 2.91. The smallest absolute Gasteiger partial charge is 0.255 e. The summed E-state index contributed by atoms with van der Waals surface area (Å²) in [5.74, 6) is 0.941. The maximum Gasteiger partial charge on any atom is 0.255 e. The number of methoxy groups -OCH3 is 1. The molecule has 1 saturated heterocycles. The summed E-state index contributed by atoms with van der Waals surface area (Å²) in [5.41, 5.74) is 3.60. The first-order chi connectivity index (χ1) is 17.0. The largest absolute Gasteiger partial charge is 0.496 e. The average molecular weight is 474 g/mol. The fourth-order valence-corrected chi connectivity index (χ4v) is 4.20. The number of hydrogen-bond acceptors (Lipinski definition) is 7. The van der Waals surface area contributed by atoms with E-state index in [1.807, 2.05) is 23.1 Å². The van der Waals surface area contributed by atoms with Gasteiger partial charge in [0.25, 0.3) is 5.56 Å². The number of benzene rings is 2. The molecular formula is C26H24FN5O3. The Bertz CT molecular complexity index is 1390. The minimum absolute atomic E-state index is 0.173. The van der Waals surface area contributed by atoms with Crippen LogP contribution in [0.3, 0.4) is 0 Å². The minimum atomic E-state index is -0.291. The Morgan fingerprint density at radius 2 is 1.86 bits per heavy atom. The summed E-state index contributed by atoms with van der Waals surface area (Å²) in [6, 6.07) is 15.4. The summed E-state index contributed by atoms with van der Waals surface area (Å²) in [6.07, 6.45) is 2.76. The van der Waals surface area contributed by atoms with Crippen LogP contribution in [-0.2, 0) is 11.8 Å². The summed E-state index contributed by atoms with van der Waals surface area (Å²) < 4.78 is 26.6. The van der Waals surface area contributed by atoms with Crippen LogP contribution in [0, 0.1) is 5.82 Å². The van der Waals surface area contributed by atoms with Gasteiger partial charge in [0, 0.05) is 31.4 Å². The molecule has 0 aliphatic carbocycles. The lowest BCUT2D eigenvalue weighted by Gasteiger charge is -2.35. The molecule has 4 aromatic rings. The molecule has 3 heterocycles. The molecule has 2 aromatic carbocycles. The van der Waals surface area contributed by atoms with E-state index in [9.17, 15) is 9.18 Å². The van der Waals surface area contributed by atoms with E-state index in [0.717, 1.165) is 16.7 Å². The second kappa shape index (κ2) is 9.63. The summed E-state index contributed by atoms with van der Waals surface area (Å²) in [7, 11) is 3.32. The van der Waals surface area contributed by atoms with Crippen molar-refractivity contribution < 1.29 is 13.9 Å². The summed E-state index contributed by atoms with van der Waals surface area (Å²) in [5, 5.41) is 0. The van der Waals surface area contributed by atoms with Gasteiger partial charge >= 0.3 is 0 Å². The van der Waals surface area contributed by atoms with Crippen molar-refractivity contribution in [2.24, 2.45) is 7.05 Å². The number of nitrogens with zero attached hydrogens (tertiary/aromatic N) is 5. The van der Waals surface area contributed by atoms with Gasteiger partial charge in [-0.05, 0) is 35.4 Å². The summed E-state index contributed by atoms with van der Waals surface area (Å²) in [4.78, 5) is 27.6. The van der Waals surface area contributed by atoms with Crippen LogP contribution in [0.5, 0.6) is 5.75 Å². The van der Waals surface area contributed by atoms with Crippen LogP contribution in [0.2, 0.25) is 0 Å². The lowest BCUT2D eigenvalue weighted by molar-refractivity contribution is 0.0374. The third-order valence-corrected chi connectivity index (χ3v) is 6.06. The first-order valence-electron chi connectivity index (χ1n) is 11.2. The quantitative estimate of drug-likeness (QED) is 0.438. The topological polar surface area (TPSA) is 82.4 Å². The molecule has 8 nitrogen and oxygen atoms in total. The van der Waals surface area contributed by atoms with E-state index < -0.39 is 0 Å². The molecule has 2 aromatic heterocycles. The molecule has 1 atom stereocenters. The van der Waals surface area contributed by atoms with Crippen LogP contribution in [0.15, 0.2) is 71.9 Å². The zero-order valence-electron chi connectivity index (χ0n) is 19.4. The van der Waals surface area contributed by atoms with Crippen molar-refractivity contribution in [1.82, 2.24) is 19.5 Å². The van der Waals surface area contributed by atoms with Crippen LogP contribution >= 0.6 is 0 Å². The number of morpholine rings is 1. The van der Waals surface area contributed by atoms with Crippen molar-refractivity contribution >= 4 is 5.95 Å². The van der Waals surface area contributed by atoms with Gasteiger partial charge in [0.05, 0.1) is 31.6 Å². The van der Waals surface area contributed by atoms with E-state index in [-0.39, 0.29) is 17.5 Å². The van der Waals surface area contributed by atoms with Crippen molar-refractivity contribution in [3.05, 3.63) is 88.9 Å². The van der Waals surface area contributed by atoms with Crippen LogP contribution in [-0.4, -0.2) is 46.3 Å². The predicted molar refractivity (Wildman–Crippen MR) is 130 cm³/mol. The van der Waals surface area contributed by atoms with Crippen molar-refractivity contribution in [3.63, 3.8) is 0 Å². The van der Waals surface area contributed by atoms with Gasteiger partial charge < -0.3 is 14.4 Å². The van der Waals surface area contributed by atoms with E-state index in [1.165, 1.54) is 29.1 Å². The fraction of sp³-hybridized carbons (Fsp3) is 0.231. The third kappa shape index (κ3) is 4.63. The number of aromatic nitrogens is 4. The summed E-state index contributed by atoms with van der Waals surface area (Å²) in [6.45, 7) is 1.53.